The number of pyridine rings is 1. The zero-order chi connectivity index (χ0) is 10.6. The van der Waals surface area contributed by atoms with Gasteiger partial charge in [0, 0.05) is 24.7 Å². The maximum Gasteiger partial charge on any atom is 0.141 e. The average molecular weight is 217 g/mol. The Hall–Kier alpha value is -0.670. The number of alkyl halides is 1. The van der Waals surface area contributed by atoms with E-state index in [-0.39, 0.29) is 11.2 Å². The van der Waals surface area contributed by atoms with E-state index in [0.717, 1.165) is 12.1 Å². The zero-order valence-electron chi connectivity index (χ0n) is 8.37. The van der Waals surface area contributed by atoms with Gasteiger partial charge in [0.1, 0.15) is 5.82 Å². The van der Waals surface area contributed by atoms with Crippen molar-refractivity contribution in [2.24, 2.45) is 0 Å². The molecule has 0 aliphatic heterocycles. The minimum atomic E-state index is -0.296. The lowest BCUT2D eigenvalue weighted by Crippen LogP contribution is -2.24. The van der Waals surface area contributed by atoms with Crippen LogP contribution in [0.3, 0.4) is 0 Å². The summed E-state index contributed by atoms with van der Waals surface area (Å²) in [6, 6.07) is 1.49. The zero-order valence-corrected chi connectivity index (χ0v) is 9.13. The minimum Gasteiger partial charge on any atom is -0.301 e. The highest BCUT2D eigenvalue weighted by Gasteiger charge is 2.04. The van der Waals surface area contributed by atoms with Crippen molar-refractivity contribution in [1.82, 2.24) is 9.88 Å². The second-order valence-electron chi connectivity index (χ2n) is 3.49. The Bertz CT molecular complexity index is 291. The fourth-order valence-electron chi connectivity index (χ4n) is 1.35. The van der Waals surface area contributed by atoms with Crippen LogP contribution in [0, 0.1) is 5.82 Å². The van der Waals surface area contributed by atoms with Crippen molar-refractivity contribution < 1.29 is 4.39 Å². The van der Waals surface area contributed by atoms with Gasteiger partial charge in [-0.05, 0) is 25.6 Å². The van der Waals surface area contributed by atoms with E-state index in [2.05, 4.69) is 4.98 Å². The molecule has 1 rings (SSSR count). The maximum atomic E-state index is 12.8. The molecule has 0 aromatic carbocycles. The van der Waals surface area contributed by atoms with Gasteiger partial charge in [0.2, 0.25) is 0 Å². The van der Waals surface area contributed by atoms with Gasteiger partial charge in [0.25, 0.3) is 0 Å². The molecular formula is C10H14ClFN2. The highest BCUT2D eigenvalue weighted by atomic mass is 35.5. The summed E-state index contributed by atoms with van der Waals surface area (Å²) in [5, 5.41) is 0.0986. The highest BCUT2D eigenvalue weighted by molar-refractivity contribution is 6.20. The van der Waals surface area contributed by atoms with Crippen LogP contribution in [0.2, 0.25) is 0 Å². The SMILES string of the molecule is CC(Cl)CN(C)Cc1cncc(F)c1. The number of rotatable bonds is 4. The van der Waals surface area contributed by atoms with E-state index in [1.54, 1.807) is 6.20 Å². The summed E-state index contributed by atoms with van der Waals surface area (Å²) in [6.07, 6.45) is 2.87. The molecule has 0 fully saturated rings. The van der Waals surface area contributed by atoms with Crippen LogP contribution in [-0.4, -0.2) is 28.9 Å². The van der Waals surface area contributed by atoms with Crippen molar-refractivity contribution in [3.05, 3.63) is 29.8 Å². The topological polar surface area (TPSA) is 16.1 Å². The molecule has 0 aliphatic carbocycles. The van der Waals surface area contributed by atoms with E-state index >= 15 is 0 Å². The molecule has 1 aromatic rings. The van der Waals surface area contributed by atoms with Crippen LogP contribution >= 0.6 is 11.6 Å². The molecule has 0 saturated carbocycles. The molecule has 1 unspecified atom stereocenters. The van der Waals surface area contributed by atoms with E-state index in [0.29, 0.717) is 6.54 Å². The molecule has 2 nitrogen and oxygen atoms in total. The van der Waals surface area contributed by atoms with Crippen molar-refractivity contribution in [1.29, 1.82) is 0 Å². The van der Waals surface area contributed by atoms with Crippen LogP contribution in [0.15, 0.2) is 18.5 Å². The van der Waals surface area contributed by atoms with Crippen molar-refractivity contribution in [3.63, 3.8) is 0 Å². The van der Waals surface area contributed by atoms with Crippen LogP contribution < -0.4 is 0 Å². The smallest absolute Gasteiger partial charge is 0.141 e. The van der Waals surface area contributed by atoms with E-state index < -0.39 is 0 Å². The van der Waals surface area contributed by atoms with Crippen LogP contribution in [0.25, 0.3) is 0 Å². The van der Waals surface area contributed by atoms with E-state index in [1.807, 2.05) is 18.9 Å². The summed E-state index contributed by atoms with van der Waals surface area (Å²) in [6.45, 7) is 3.38. The fourth-order valence-corrected chi connectivity index (χ4v) is 1.58. The summed E-state index contributed by atoms with van der Waals surface area (Å²) in [5.74, 6) is -0.296. The predicted molar refractivity (Wildman–Crippen MR) is 55.8 cm³/mol. The lowest BCUT2D eigenvalue weighted by molar-refractivity contribution is 0.329. The monoisotopic (exact) mass is 216 g/mol. The van der Waals surface area contributed by atoms with E-state index in [4.69, 9.17) is 11.6 Å². The van der Waals surface area contributed by atoms with Crippen LogP contribution in [0.4, 0.5) is 4.39 Å². The van der Waals surface area contributed by atoms with Gasteiger partial charge in [0.15, 0.2) is 0 Å². The first kappa shape index (κ1) is 11.4. The molecule has 0 saturated heterocycles. The summed E-state index contributed by atoms with van der Waals surface area (Å²) in [4.78, 5) is 5.82. The maximum absolute atomic E-state index is 12.8. The molecule has 0 amide bonds. The number of aromatic nitrogens is 1. The summed E-state index contributed by atoms with van der Waals surface area (Å²) in [7, 11) is 1.95. The molecule has 14 heavy (non-hydrogen) atoms. The minimum absolute atomic E-state index is 0.0986. The first-order valence-electron chi connectivity index (χ1n) is 4.50. The van der Waals surface area contributed by atoms with Gasteiger partial charge >= 0.3 is 0 Å². The molecule has 1 atom stereocenters. The lowest BCUT2D eigenvalue weighted by Gasteiger charge is -2.17. The average Bonchev–Trinajstić information content (AvgIpc) is 2.01. The van der Waals surface area contributed by atoms with Gasteiger partial charge < -0.3 is 4.90 Å². The van der Waals surface area contributed by atoms with E-state index in [1.165, 1.54) is 12.3 Å². The van der Waals surface area contributed by atoms with Gasteiger partial charge in [-0.2, -0.15) is 0 Å². The number of hydrogen-bond donors (Lipinski definition) is 0. The van der Waals surface area contributed by atoms with Crippen molar-refractivity contribution >= 4 is 11.6 Å². The van der Waals surface area contributed by atoms with Gasteiger partial charge in [-0.1, -0.05) is 0 Å². The Labute approximate surface area is 88.7 Å². The van der Waals surface area contributed by atoms with Crippen molar-refractivity contribution in [3.8, 4) is 0 Å². The Balaban J connectivity index is 2.51. The Morgan fingerprint density at radius 2 is 2.29 bits per heavy atom. The van der Waals surface area contributed by atoms with Gasteiger partial charge in [-0.3, -0.25) is 4.98 Å². The largest absolute Gasteiger partial charge is 0.301 e. The molecule has 1 heterocycles. The predicted octanol–water partition coefficient (Wildman–Crippen LogP) is 2.28. The number of nitrogens with zero attached hydrogens (tertiary/aromatic N) is 2. The summed E-state index contributed by atoms with van der Waals surface area (Å²) >= 11 is 5.84. The third-order valence-electron chi connectivity index (χ3n) is 1.78. The quantitative estimate of drug-likeness (QED) is 0.718. The van der Waals surface area contributed by atoms with Gasteiger partial charge in [0.05, 0.1) is 6.20 Å². The Kier molecular flexibility index (Phi) is 4.29. The molecular weight excluding hydrogens is 203 g/mol. The Morgan fingerprint density at radius 1 is 1.57 bits per heavy atom. The van der Waals surface area contributed by atoms with Crippen LogP contribution in [0.5, 0.6) is 0 Å². The second-order valence-corrected chi connectivity index (χ2v) is 4.23. The van der Waals surface area contributed by atoms with Gasteiger partial charge in [-0.15, -0.1) is 11.6 Å². The molecule has 78 valence electrons. The molecule has 0 aliphatic rings. The molecule has 0 spiro atoms. The third-order valence-corrected chi connectivity index (χ3v) is 1.92. The number of halogens is 2. The van der Waals surface area contributed by atoms with Crippen molar-refractivity contribution in [2.75, 3.05) is 13.6 Å². The lowest BCUT2D eigenvalue weighted by atomic mass is 10.2. The molecule has 4 heteroatoms. The first-order valence-corrected chi connectivity index (χ1v) is 4.93. The standard InChI is InChI=1S/C10H14ClFN2/c1-8(11)6-14(2)7-9-3-10(12)5-13-4-9/h3-5,8H,6-7H2,1-2H3. The van der Waals surface area contributed by atoms with Crippen LogP contribution in [0.1, 0.15) is 12.5 Å². The van der Waals surface area contributed by atoms with E-state index in [9.17, 15) is 4.39 Å². The summed E-state index contributed by atoms with van der Waals surface area (Å²) < 4.78 is 12.8. The van der Waals surface area contributed by atoms with Gasteiger partial charge in [-0.25, -0.2) is 4.39 Å². The van der Waals surface area contributed by atoms with Crippen molar-refractivity contribution in [2.45, 2.75) is 18.8 Å². The fraction of sp³-hybridized carbons (Fsp3) is 0.500. The molecule has 0 bridgehead atoms. The summed E-state index contributed by atoms with van der Waals surface area (Å²) in [5.41, 5.74) is 0.866. The first-order chi connectivity index (χ1) is 6.58. The molecule has 0 N–H and O–H groups in total. The normalized spacial score (nSPS) is 13.2. The molecule has 1 aromatic heterocycles. The molecule has 0 radical (unpaired) electrons. The second kappa shape index (κ2) is 5.27. The third kappa shape index (κ3) is 4.03. The highest BCUT2D eigenvalue weighted by Crippen LogP contribution is 2.05. The number of hydrogen-bond acceptors (Lipinski definition) is 2. The van der Waals surface area contributed by atoms with Crippen LogP contribution in [-0.2, 0) is 6.54 Å². The Morgan fingerprint density at radius 3 is 2.86 bits per heavy atom.